The fraction of sp³-hybridized carbons (Fsp3) is 0.500. The summed E-state index contributed by atoms with van der Waals surface area (Å²) in [4.78, 5) is 24.7. The van der Waals surface area contributed by atoms with Crippen molar-refractivity contribution in [2.75, 3.05) is 0 Å². The Kier molecular flexibility index (Phi) is 4.82. The van der Waals surface area contributed by atoms with Crippen LogP contribution in [0, 0.1) is 5.92 Å². The summed E-state index contributed by atoms with van der Waals surface area (Å²) in [7, 11) is 1.84. The number of carbonyl (C=O) groups excluding carboxylic acids is 1. The van der Waals surface area contributed by atoms with Gasteiger partial charge in [-0.2, -0.15) is 0 Å². The zero-order valence-electron chi connectivity index (χ0n) is 13.3. The van der Waals surface area contributed by atoms with Crippen LogP contribution in [0.1, 0.15) is 36.3 Å². The van der Waals surface area contributed by atoms with Crippen molar-refractivity contribution in [2.24, 2.45) is 13.0 Å². The lowest BCUT2D eigenvalue weighted by Crippen LogP contribution is -2.39. The summed E-state index contributed by atoms with van der Waals surface area (Å²) in [6, 6.07) is 1.61. The first-order valence-electron chi connectivity index (χ1n) is 7.93. The maximum absolute atomic E-state index is 12.7. The third-order valence-corrected chi connectivity index (χ3v) is 4.40. The number of alkyl halides is 2. The zero-order chi connectivity index (χ0) is 17.1. The lowest BCUT2D eigenvalue weighted by Gasteiger charge is -2.28. The third kappa shape index (κ3) is 3.58. The molecule has 0 atom stereocenters. The molecule has 1 amide bonds. The van der Waals surface area contributed by atoms with Crippen LogP contribution in [0.15, 0.2) is 24.8 Å². The molecular formula is C16H19F2N5O. The molecule has 1 aliphatic rings. The second-order valence-corrected chi connectivity index (χ2v) is 6.07. The number of nitrogens with one attached hydrogen (secondary N) is 1. The molecule has 0 spiro atoms. The smallest absolute Gasteiger partial charge is 0.289 e. The molecule has 128 valence electrons. The van der Waals surface area contributed by atoms with Crippen molar-refractivity contribution >= 4 is 5.91 Å². The lowest BCUT2D eigenvalue weighted by molar-refractivity contribution is 0.0498. The minimum Gasteiger partial charge on any atom is -0.347 e. The maximum atomic E-state index is 12.7. The summed E-state index contributed by atoms with van der Waals surface area (Å²) in [5.41, 5.74) is 1.39. The molecular weight excluding hydrogens is 316 g/mol. The molecule has 1 fully saturated rings. The number of imidazole rings is 1. The number of carbonyl (C=O) groups is 1. The van der Waals surface area contributed by atoms with Gasteiger partial charge in [-0.05, 0) is 31.7 Å². The number of halogens is 2. The van der Waals surface area contributed by atoms with Crippen LogP contribution in [-0.4, -0.2) is 37.9 Å². The van der Waals surface area contributed by atoms with Crippen LogP contribution in [0.5, 0.6) is 0 Å². The van der Waals surface area contributed by atoms with Gasteiger partial charge in [-0.3, -0.25) is 4.79 Å². The maximum Gasteiger partial charge on any atom is 0.289 e. The minimum absolute atomic E-state index is 0.0738. The van der Waals surface area contributed by atoms with Crippen molar-refractivity contribution in [3.63, 3.8) is 0 Å². The molecule has 6 nitrogen and oxygen atoms in total. The molecule has 2 heterocycles. The zero-order valence-corrected chi connectivity index (χ0v) is 13.3. The Morgan fingerprint density at radius 1 is 1.33 bits per heavy atom. The summed E-state index contributed by atoms with van der Waals surface area (Å²) in [5.74, 6) is -0.855. The van der Waals surface area contributed by atoms with Crippen molar-refractivity contribution in [1.29, 1.82) is 0 Å². The van der Waals surface area contributed by atoms with Crippen LogP contribution in [0.25, 0.3) is 11.4 Å². The van der Waals surface area contributed by atoms with Gasteiger partial charge in [-0.1, -0.05) is 0 Å². The standard InChI is InChI=1S/C16H19F2N5O/c1-23-9-19-8-13(23)12-6-7-20-15(22-12)16(24)21-11-4-2-10(3-5-11)14(17)18/h6-11,14H,2-5H2,1H3,(H,21,24). The first-order valence-corrected chi connectivity index (χ1v) is 7.93. The Morgan fingerprint density at radius 2 is 2.08 bits per heavy atom. The fourth-order valence-electron chi connectivity index (χ4n) is 2.98. The predicted octanol–water partition coefficient (Wildman–Crippen LogP) is 2.43. The van der Waals surface area contributed by atoms with Crippen LogP contribution in [-0.2, 0) is 7.05 Å². The van der Waals surface area contributed by atoms with Crippen LogP contribution < -0.4 is 5.32 Å². The summed E-state index contributed by atoms with van der Waals surface area (Å²) in [6.07, 6.45) is 4.54. The van der Waals surface area contributed by atoms with E-state index >= 15 is 0 Å². The quantitative estimate of drug-likeness (QED) is 0.931. The molecule has 0 aromatic carbocycles. The topological polar surface area (TPSA) is 72.7 Å². The van der Waals surface area contributed by atoms with E-state index in [1.165, 1.54) is 6.20 Å². The Labute approximate surface area is 138 Å². The molecule has 1 saturated carbocycles. The lowest BCUT2D eigenvalue weighted by atomic mass is 9.86. The van der Waals surface area contributed by atoms with E-state index in [0.29, 0.717) is 31.4 Å². The average molecular weight is 335 g/mol. The second kappa shape index (κ2) is 7.02. The van der Waals surface area contributed by atoms with E-state index < -0.39 is 12.3 Å². The van der Waals surface area contributed by atoms with Gasteiger partial charge in [0, 0.05) is 25.2 Å². The minimum atomic E-state index is -2.28. The van der Waals surface area contributed by atoms with E-state index in [1.54, 1.807) is 23.2 Å². The number of amides is 1. The Bertz CT molecular complexity index is 710. The number of nitrogens with zero attached hydrogens (tertiary/aromatic N) is 4. The van der Waals surface area contributed by atoms with E-state index in [-0.39, 0.29) is 17.8 Å². The summed E-state index contributed by atoms with van der Waals surface area (Å²) in [5, 5.41) is 2.85. The van der Waals surface area contributed by atoms with Crippen LogP contribution >= 0.6 is 0 Å². The van der Waals surface area contributed by atoms with Gasteiger partial charge in [0.15, 0.2) is 0 Å². The first-order chi connectivity index (χ1) is 11.5. The summed E-state index contributed by atoms with van der Waals surface area (Å²) < 4.78 is 27.1. The molecule has 0 saturated heterocycles. The molecule has 0 bridgehead atoms. The van der Waals surface area contributed by atoms with Crippen molar-refractivity contribution in [2.45, 2.75) is 38.2 Å². The summed E-state index contributed by atoms with van der Waals surface area (Å²) >= 11 is 0. The Hall–Kier alpha value is -2.38. The van der Waals surface area contributed by atoms with E-state index in [2.05, 4.69) is 20.3 Å². The van der Waals surface area contributed by atoms with Gasteiger partial charge < -0.3 is 9.88 Å². The largest absolute Gasteiger partial charge is 0.347 e. The van der Waals surface area contributed by atoms with Crippen molar-refractivity contribution in [3.05, 3.63) is 30.6 Å². The number of hydrogen-bond donors (Lipinski definition) is 1. The van der Waals surface area contributed by atoms with Crippen molar-refractivity contribution < 1.29 is 13.6 Å². The average Bonchev–Trinajstić information content (AvgIpc) is 3.01. The van der Waals surface area contributed by atoms with Gasteiger partial charge in [0.25, 0.3) is 5.91 Å². The van der Waals surface area contributed by atoms with Gasteiger partial charge in [-0.15, -0.1) is 0 Å². The van der Waals surface area contributed by atoms with Gasteiger partial charge in [-0.25, -0.2) is 23.7 Å². The van der Waals surface area contributed by atoms with Crippen LogP contribution in [0.3, 0.4) is 0 Å². The number of rotatable bonds is 4. The highest BCUT2D eigenvalue weighted by Crippen LogP contribution is 2.29. The van der Waals surface area contributed by atoms with E-state index in [4.69, 9.17) is 0 Å². The van der Waals surface area contributed by atoms with E-state index in [1.807, 2.05) is 7.05 Å². The molecule has 0 aliphatic heterocycles. The molecule has 3 rings (SSSR count). The summed E-state index contributed by atoms with van der Waals surface area (Å²) in [6.45, 7) is 0. The highest BCUT2D eigenvalue weighted by molar-refractivity contribution is 5.91. The number of hydrogen-bond acceptors (Lipinski definition) is 4. The van der Waals surface area contributed by atoms with Crippen molar-refractivity contribution in [3.8, 4) is 11.4 Å². The van der Waals surface area contributed by atoms with Gasteiger partial charge in [0.05, 0.1) is 23.9 Å². The molecule has 1 aliphatic carbocycles. The SMILES string of the molecule is Cn1cncc1-c1ccnc(C(=O)NC2CCC(C(F)F)CC2)n1. The van der Waals surface area contributed by atoms with Crippen LogP contribution in [0.2, 0.25) is 0 Å². The van der Waals surface area contributed by atoms with Crippen LogP contribution in [0.4, 0.5) is 8.78 Å². The normalized spacial score (nSPS) is 21.0. The molecule has 0 radical (unpaired) electrons. The molecule has 1 N–H and O–H groups in total. The Morgan fingerprint density at radius 3 is 2.71 bits per heavy atom. The molecule has 2 aromatic rings. The van der Waals surface area contributed by atoms with E-state index in [9.17, 15) is 13.6 Å². The van der Waals surface area contributed by atoms with Gasteiger partial charge >= 0.3 is 0 Å². The highest BCUT2D eigenvalue weighted by atomic mass is 19.3. The third-order valence-electron chi connectivity index (χ3n) is 4.40. The van der Waals surface area contributed by atoms with E-state index in [0.717, 1.165) is 5.69 Å². The Balaban J connectivity index is 1.65. The highest BCUT2D eigenvalue weighted by Gasteiger charge is 2.28. The predicted molar refractivity (Wildman–Crippen MR) is 83.5 cm³/mol. The molecule has 0 unspecified atom stereocenters. The van der Waals surface area contributed by atoms with Gasteiger partial charge in [0.2, 0.25) is 12.2 Å². The second-order valence-electron chi connectivity index (χ2n) is 6.07. The fourth-order valence-corrected chi connectivity index (χ4v) is 2.98. The monoisotopic (exact) mass is 335 g/mol. The molecule has 8 heteroatoms. The van der Waals surface area contributed by atoms with Crippen molar-refractivity contribution in [1.82, 2.24) is 24.8 Å². The van der Waals surface area contributed by atoms with Gasteiger partial charge in [0.1, 0.15) is 0 Å². The number of aryl methyl sites for hydroxylation is 1. The number of aromatic nitrogens is 4. The molecule has 24 heavy (non-hydrogen) atoms. The first kappa shape index (κ1) is 16.5. The molecule has 2 aromatic heterocycles.